The lowest BCUT2D eigenvalue weighted by Crippen LogP contribution is -2.34. The fraction of sp³-hybridized carbons (Fsp3) is 0.556. The zero-order valence-electron chi connectivity index (χ0n) is 13.7. The average molecular weight is 289 g/mol. The molecule has 0 aliphatic heterocycles. The highest BCUT2D eigenvalue weighted by Crippen LogP contribution is 2.11. The van der Waals surface area contributed by atoms with E-state index < -0.39 is 0 Å². The van der Waals surface area contributed by atoms with E-state index in [0.717, 1.165) is 19.3 Å². The predicted octanol–water partition coefficient (Wildman–Crippen LogP) is 3.86. The second-order valence-corrected chi connectivity index (χ2v) is 5.63. The Morgan fingerprint density at radius 3 is 2.24 bits per heavy atom. The zero-order chi connectivity index (χ0) is 15.8. The van der Waals surface area contributed by atoms with E-state index in [2.05, 4.69) is 13.8 Å². The van der Waals surface area contributed by atoms with Gasteiger partial charge in [-0.3, -0.25) is 9.59 Å². The summed E-state index contributed by atoms with van der Waals surface area (Å²) in [4.78, 5) is 25.8. The van der Waals surface area contributed by atoms with Crippen molar-refractivity contribution in [3.8, 4) is 0 Å². The topological polar surface area (TPSA) is 37.4 Å². The maximum atomic E-state index is 12.1. The molecule has 0 N–H and O–H groups in total. The molecule has 1 aromatic carbocycles. The van der Waals surface area contributed by atoms with Gasteiger partial charge in [-0.25, -0.2) is 0 Å². The first-order chi connectivity index (χ1) is 9.99. The minimum Gasteiger partial charge on any atom is -0.343 e. The molecular weight excluding hydrogens is 262 g/mol. The lowest BCUT2D eigenvalue weighted by atomic mass is 10.0. The molecule has 0 aliphatic carbocycles. The molecule has 0 aliphatic rings. The summed E-state index contributed by atoms with van der Waals surface area (Å²) < 4.78 is 0. The van der Waals surface area contributed by atoms with Gasteiger partial charge in [0.1, 0.15) is 0 Å². The number of ketones is 1. The molecule has 1 unspecified atom stereocenters. The summed E-state index contributed by atoms with van der Waals surface area (Å²) in [6, 6.07) is 7.97. The number of hydrogen-bond donors (Lipinski definition) is 0. The van der Waals surface area contributed by atoms with Gasteiger partial charge in [-0.15, -0.1) is 0 Å². The number of aryl methyl sites for hydroxylation is 1. The van der Waals surface area contributed by atoms with E-state index in [4.69, 9.17) is 0 Å². The minimum absolute atomic E-state index is 0.0419. The summed E-state index contributed by atoms with van der Waals surface area (Å²) in [5.41, 5.74) is 1.95. The molecular formula is C18H27NO2. The van der Waals surface area contributed by atoms with Crippen molar-refractivity contribution < 1.29 is 9.59 Å². The van der Waals surface area contributed by atoms with Gasteiger partial charge in [0.25, 0.3) is 0 Å². The third kappa shape index (κ3) is 5.33. The summed E-state index contributed by atoms with van der Waals surface area (Å²) in [5, 5.41) is 0. The quantitative estimate of drug-likeness (QED) is 0.681. The highest BCUT2D eigenvalue weighted by Gasteiger charge is 2.16. The van der Waals surface area contributed by atoms with Crippen LogP contribution in [0, 0.1) is 0 Å². The van der Waals surface area contributed by atoms with Crippen molar-refractivity contribution in [2.75, 3.05) is 7.05 Å². The van der Waals surface area contributed by atoms with Crippen LogP contribution < -0.4 is 0 Å². The van der Waals surface area contributed by atoms with E-state index in [1.165, 1.54) is 5.56 Å². The van der Waals surface area contributed by atoms with E-state index in [-0.39, 0.29) is 30.6 Å². The SMILES string of the molecule is CCCc1ccc(C(=O)CCC(=O)N(C)C(C)CC)cc1. The Morgan fingerprint density at radius 1 is 1.10 bits per heavy atom. The summed E-state index contributed by atoms with van der Waals surface area (Å²) >= 11 is 0. The number of carbonyl (C=O) groups is 2. The van der Waals surface area contributed by atoms with E-state index >= 15 is 0 Å². The number of benzene rings is 1. The van der Waals surface area contributed by atoms with E-state index in [1.807, 2.05) is 31.2 Å². The maximum absolute atomic E-state index is 12.1. The number of carbonyl (C=O) groups excluding carboxylic acids is 2. The van der Waals surface area contributed by atoms with Crippen LogP contribution in [0.4, 0.5) is 0 Å². The van der Waals surface area contributed by atoms with Crippen LogP contribution in [-0.2, 0) is 11.2 Å². The van der Waals surface area contributed by atoms with Crippen molar-refractivity contribution in [1.29, 1.82) is 0 Å². The molecule has 1 atom stereocenters. The third-order valence-corrected chi connectivity index (χ3v) is 4.03. The smallest absolute Gasteiger partial charge is 0.223 e. The molecule has 3 heteroatoms. The molecule has 1 rings (SSSR count). The summed E-state index contributed by atoms with van der Waals surface area (Å²) in [6.07, 6.45) is 3.63. The summed E-state index contributed by atoms with van der Waals surface area (Å²) in [6.45, 7) is 6.21. The van der Waals surface area contributed by atoms with E-state index in [0.29, 0.717) is 5.56 Å². The molecule has 116 valence electrons. The Kier molecular flexibility index (Phi) is 7.13. The lowest BCUT2D eigenvalue weighted by molar-refractivity contribution is -0.131. The number of amides is 1. The van der Waals surface area contributed by atoms with Gasteiger partial charge >= 0.3 is 0 Å². The van der Waals surface area contributed by atoms with Crippen LogP contribution >= 0.6 is 0 Å². The molecule has 0 spiro atoms. The molecule has 1 aromatic rings. The predicted molar refractivity (Wildman–Crippen MR) is 86.5 cm³/mol. The number of hydrogen-bond acceptors (Lipinski definition) is 2. The van der Waals surface area contributed by atoms with E-state index in [9.17, 15) is 9.59 Å². The van der Waals surface area contributed by atoms with Crippen LogP contribution in [0.15, 0.2) is 24.3 Å². The highest BCUT2D eigenvalue weighted by atomic mass is 16.2. The Morgan fingerprint density at radius 2 is 1.71 bits per heavy atom. The van der Waals surface area contributed by atoms with Crippen molar-refractivity contribution in [3.63, 3.8) is 0 Å². The third-order valence-electron chi connectivity index (χ3n) is 4.03. The molecule has 0 saturated carbocycles. The minimum atomic E-state index is 0.0419. The first-order valence-corrected chi connectivity index (χ1v) is 7.87. The average Bonchev–Trinajstić information content (AvgIpc) is 2.51. The van der Waals surface area contributed by atoms with Gasteiger partial charge in [0.15, 0.2) is 5.78 Å². The Hall–Kier alpha value is -1.64. The number of rotatable bonds is 8. The van der Waals surface area contributed by atoms with Crippen LogP contribution in [0.2, 0.25) is 0 Å². The van der Waals surface area contributed by atoms with Crippen LogP contribution in [0.25, 0.3) is 0 Å². The second kappa shape index (κ2) is 8.60. The maximum Gasteiger partial charge on any atom is 0.223 e. The van der Waals surface area contributed by atoms with Gasteiger partial charge in [0.05, 0.1) is 0 Å². The summed E-state index contributed by atoms with van der Waals surface area (Å²) in [5.74, 6) is 0.0873. The van der Waals surface area contributed by atoms with Gasteiger partial charge in [-0.2, -0.15) is 0 Å². The molecule has 0 radical (unpaired) electrons. The van der Waals surface area contributed by atoms with Gasteiger partial charge in [0.2, 0.25) is 5.91 Å². The first-order valence-electron chi connectivity index (χ1n) is 7.87. The Balaban J connectivity index is 2.51. The Bertz CT molecular complexity index is 465. The highest BCUT2D eigenvalue weighted by molar-refractivity contribution is 5.97. The van der Waals surface area contributed by atoms with Crippen LogP contribution in [-0.4, -0.2) is 29.7 Å². The fourth-order valence-electron chi connectivity index (χ4n) is 2.21. The van der Waals surface area contributed by atoms with Crippen LogP contribution in [0.1, 0.15) is 62.4 Å². The van der Waals surface area contributed by atoms with E-state index in [1.54, 1.807) is 11.9 Å². The van der Waals surface area contributed by atoms with Crippen molar-refractivity contribution in [1.82, 2.24) is 4.90 Å². The Labute approximate surface area is 128 Å². The first kappa shape index (κ1) is 17.4. The molecule has 0 heterocycles. The van der Waals surface area contributed by atoms with Crippen molar-refractivity contribution in [2.45, 2.75) is 58.9 Å². The van der Waals surface area contributed by atoms with Crippen molar-refractivity contribution in [2.24, 2.45) is 0 Å². The van der Waals surface area contributed by atoms with Gasteiger partial charge in [-0.1, -0.05) is 44.5 Å². The standard InChI is InChI=1S/C18H27NO2/c1-5-7-15-8-10-16(11-9-15)17(20)12-13-18(21)19(4)14(3)6-2/h8-11,14H,5-7,12-13H2,1-4H3. The van der Waals surface area contributed by atoms with Gasteiger partial charge < -0.3 is 4.90 Å². The number of Topliss-reactive ketones (excluding diaryl/α,β-unsaturated/α-hetero) is 1. The van der Waals surface area contributed by atoms with Crippen molar-refractivity contribution >= 4 is 11.7 Å². The molecule has 3 nitrogen and oxygen atoms in total. The van der Waals surface area contributed by atoms with Crippen molar-refractivity contribution in [3.05, 3.63) is 35.4 Å². The van der Waals surface area contributed by atoms with Gasteiger partial charge in [0, 0.05) is 31.5 Å². The normalized spacial score (nSPS) is 12.0. The second-order valence-electron chi connectivity index (χ2n) is 5.63. The van der Waals surface area contributed by atoms with Gasteiger partial charge in [-0.05, 0) is 25.3 Å². The summed E-state index contributed by atoms with van der Waals surface area (Å²) in [7, 11) is 1.81. The largest absolute Gasteiger partial charge is 0.343 e. The molecule has 0 aromatic heterocycles. The van der Waals surface area contributed by atoms with Crippen LogP contribution in [0.3, 0.4) is 0 Å². The lowest BCUT2D eigenvalue weighted by Gasteiger charge is -2.23. The van der Waals surface area contributed by atoms with Crippen LogP contribution in [0.5, 0.6) is 0 Å². The molecule has 21 heavy (non-hydrogen) atoms. The molecule has 0 saturated heterocycles. The molecule has 0 fully saturated rings. The fourth-order valence-corrected chi connectivity index (χ4v) is 2.21. The zero-order valence-corrected chi connectivity index (χ0v) is 13.7. The molecule has 1 amide bonds. The molecule has 0 bridgehead atoms. The number of nitrogens with zero attached hydrogens (tertiary/aromatic N) is 1. The monoisotopic (exact) mass is 289 g/mol.